The van der Waals surface area contributed by atoms with Crippen molar-refractivity contribution in [3.63, 3.8) is 0 Å². The van der Waals surface area contributed by atoms with E-state index in [2.05, 4.69) is 16.9 Å². The van der Waals surface area contributed by atoms with Crippen molar-refractivity contribution in [1.29, 1.82) is 0 Å². The Morgan fingerprint density at radius 1 is 1.57 bits per heavy atom. The van der Waals surface area contributed by atoms with Gasteiger partial charge >= 0.3 is 0 Å². The second-order valence-corrected chi connectivity index (χ2v) is 7.35. The van der Waals surface area contributed by atoms with Gasteiger partial charge in [0.05, 0.1) is 4.99 Å². The van der Waals surface area contributed by atoms with Crippen LogP contribution in [0.15, 0.2) is 0 Å². The quantitative estimate of drug-likeness (QED) is 0.670. The first-order chi connectivity index (χ1) is 6.18. The summed E-state index contributed by atoms with van der Waals surface area (Å²) in [6.07, 6.45) is 1.93. The molecule has 3 N–H and O–H groups in total. The zero-order valence-corrected chi connectivity index (χ0v) is 11.0. The van der Waals surface area contributed by atoms with Gasteiger partial charge in [-0.2, -0.15) is 11.8 Å². The molecule has 4 nitrogen and oxygen atoms in total. The van der Waals surface area contributed by atoms with Gasteiger partial charge in [0.15, 0.2) is 0 Å². The lowest BCUT2D eigenvalue weighted by Gasteiger charge is -2.21. The lowest BCUT2D eigenvalue weighted by atomic mass is 10.2. The molecule has 0 amide bonds. The predicted molar refractivity (Wildman–Crippen MR) is 66.2 cm³/mol. The molecule has 0 rings (SSSR count). The standard InChI is InChI=1S/C7H16N2O2S3/c1-7(2,13-3)5-9-14(10,11)4-6(8)12/h9H,4-5H2,1-3H3,(H2,8,12). The zero-order chi connectivity index (χ0) is 11.4. The van der Waals surface area contributed by atoms with Gasteiger partial charge < -0.3 is 5.73 Å². The summed E-state index contributed by atoms with van der Waals surface area (Å²) in [6.45, 7) is 4.29. The van der Waals surface area contributed by atoms with Gasteiger partial charge in [0.2, 0.25) is 10.0 Å². The number of hydrogen-bond donors (Lipinski definition) is 2. The molecular formula is C7H16N2O2S3. The van der Waals surface area contributed by atoms with Crippen molar-refractivity contribution in [3.8, 4) is 0 Å². The van der Waals surface area contributed by atoms with Crippen LogP contribution in [-0.2, 0) is 10.0 Å². The summed E-state index contributed by atoms with van der Waals surface area (Å²) in [7, 11) is -3.35. The highest BCUT2D eigenvalue weighted by Crippen LogP contribution is 2.19. The van der Waals surface area contributed by atoms with E-state index in [-0.39, 0.29) is 15.5 Å². The zero-order valence-electron chi connectivity index (χ0n) is 8.53. The molecule has 0 unspecified atom stereocenters. The molecule has 0 atom stereocenters. The van der Waals surface area contributed by atoms with Crippen molar-refractivity contribution in [2.24, 2.45) is 5.73 Å². The van der Waals surface area contributed by atoms with Crippen LogP contribution in [0.1, 0.15) is 13.8 Å². The summed E-state index contributed by atoms with van der Waals surface area (Å²) in [5, 5.41) is 0. The van der Waals surface area contributed by atoms with Crippen LogP contribution < -0.4 is 10.5 Å². The van der Waals surface area contributed by atoms with Crippen molar-refractivity contribution in [2.45, 2.75) is 18.6 Å². The highest BCUT2D eigenvalue weighted by Gasteiger charge is 2.20. The maximum Gasteiger partial charge on any atom is 0.218 e. The van der Waals surface area contributed by atoms with E-state index in [4.69, 9.17) is 5.73 Å². The summed E-state index contributed by atoms with van der Waals surface area (Å²) < 4.78 is 25.0. The number of thiocarbonyl (C=S) groups is 1. The van der Waals surface area contributed by atoms with Crippen molar-refractivity contribution in [2.75, 3.05) is 18.6 Å². The third kappa shape index (κ3) is 6.58. The van der Waals surface area contributed by atoms with Crippen LogP contribution in [0.2, 0.25) is 0 Å². The fraction of sp³-hybridized carbons (Fsp3) is 0.857. The number of sulfonamides is 1. The van der Waals surface area contributed by atoms with E-state index in [1.165, 1.54) is 0 Å². The van der Waals surface area contributed by atoms with Crippen LogP contribution in [0.4, 0.5) is 0 Å². The van der Waals surface area contributed by atoms with Gasteiger partial charge in [-0.05, 0) is 20.1 Å². The number of rotatable bonds is 6. The fourth-order valence-corrected chi connectivity index (χ4v) is 2.42. The minimum Gasteiger partial charge on any atom is -0.392 e. The molecule has 0 aliphatic rings. The molecule has 0 aromatic carbocycles. The van der Waals surface area contributed by atoms with Gasteiger partial charge in [0.1, 0.15) is 5.75 Å². The van der Waals surface area contributed by atoms with Crippen LogP contribution in [-0.4, -0.2) is 36.7 Å². The lowest BCUT2D eigenvalue weighted by molar-refractivity contribution is 0.574. The third-order valence-electron chi connectivity index (χ3n) is 1.60. The first-order valence-corrected chi connectivity index (χ1v) is 7.28. The minimum absolute atomic E-state index is 0.0144. The van der Waals surface area contributed by atoms with Crippen molar-refractivity contribution >= 4 is 39.0 Å². The Bertz CT molecular complexity index is 298. The molecule has 0 spiro atoms. The van der Waals surface area contributed by atoms with E-state index in [0.29, 0.717) is 6.54 Å². The highest BCUT2D eigenvalue weighted by molar-refractivity contribution is 8.00. The van der Waals surface area contributed by atoms with Gasteiger partial charge in [-0.15, -0.1) is 0 Å². The van der Waals surface area contributed by atoms with Crippen molar-refractivity contribution in [1.82, 2.24) is 4.72 Å². The SMILES string of the molecule is CSC(C)(C)CNS(=O)(=O)CC(N)=S. The molecule has 14 heavy (non-hydrogen) atoms. The Hall–Kier alpha value is 0.150. The monoisotopic (exact) mass is 256 g/mol. The van der Waals surface area contributed by atoms with E-state index in [1.54, 1.807) is 11.8 Å². The van der Waals surface area contributed by atoms with Crippen LogP contribution in [0, 0.1) is 0 Å². The van der Waals surface area contributed by atoms with Gasteiger partial charge in [-0.3, -0.25) is 0 Å². The largest absolute Gasteiger partial charge is 0.392 e. The molecule has 0 aliphatic carbocycles. The van der Waals surface area contributed by atoms with Crippen molar-refractivity contribution in [3.05, 3.63) is 0 Å². The molecule has 0 bridgehead atoms. The van der Waals surface area contributed by atoms with Crippen LogP contribution in [0.5, 0.6) is 0 Å². The topological polar surface area (TPSA) is 72.2 Å². The predicted octanol–water partition coefficient (Wildman–Crippen LogP) is 0.334. The average Bonchev–Trinajstić information content (AvgIpc) is 1.99. The van der Waals surface area contributed by atoms with Gasteiger partial charge in [-0.25, -0.2) is 13.1 Å². The van der Waals surface area contributed by atoms with Crippen molar-refractivity contribution < 1.29 is 8.42 Å². The van der Waals surface area contributed by atoms with E-state index in [0.717, 1.165) is 0 Å². The van der Waals surface area contributed by atoms with Crippen LogP contribution in [0.3, 0.4) is 0 Å². The number of hydrogen-bond acceptors (Lipinski definition) is 4. The molecule has 0 aliphatic heterocycles. The molecular weight excluding hydrogens is 240 g/mol. The van der Waals surface area contributed by atoms with Gasteiger partial charge in [0.25, 0.3) is 0 Å². The molecule has 84 valence electrons. The summed E-state index contributed by atoms with van der Waals surface area (Å²) in [5.41, 5.74) is 5.16. The Labute approximate surface area is 95.1 Å². The molecule has 7 heteroatoms. The Morgan fingerprint density at radius 2 is 2.07 bits per heavy atom. The maximum absolute atomic E-state index is 11.3. The van der Waals surface area contributed by atoms with Gasteiger partial charge in [-0.1, -0.05) is 12.2 Å². The third-order valence-corrected chi connectivity index (χ3v) is 4.45. The van der Waals surface area contributed by atoms with Crippen LogP contribution >= 0.6 is 24.0 Å². The van der Waals surface area contributed by atoms with E-state index < -0.39 is 10.0 Å². The minimum atomic E-state index is -3.35. The maximum atomic E-state index is 11.3. The van der Waals surface area contributed by atoms with E-state index >= 15 is 0 Å². The first-order valence-electron chi connectivity index (χ1n) is 3.99. The Balaban J connectivity index is 4.20. The summed E-state index contributed by atoms with van der Waals surface area (Å²) in [4.78, 5) is -0.0144. The molecule has 0 saturated carbocycles. The fourth-order valence-electron chi connectivity index (χ4n) is 0.594. The highest BCUT2D eigenvalue weighted by atomic mass is 32.2. The normalized spacial score (nSPS) is 12.8. The van der Waals surface area contributed by atoms with Crippen LogP contribution in [0.25, 0.3) is 0 Å². The summed E-state index contributed by atoms with van der Waals surface area (Å²) >= 11 is 6.13. The van der Waals surface area contributed by atoms with Gasteiger partial charge in [0, 0.05) is 11.3 Å². The molecule has 0 heterocycles. The smallest absolute Gasteiger partial charge is 0.218 e. The Kier molecular flexibility index (Phi) is 5.35. The lowest BCUT2D eigenvalue weighted by Crippen LogP contribution is -2.39. The first kappa shape index (κ1) is 14.2. The molecule has 0 aromatic rings. The molecule has 0 aromatic heterocycles. The summed E-state index contributed by atoms with van der Waals surface area (Å²) in [5.74, 6) is -0.285. The number of nitrogens with two attached hydrogens (primary N) is 1. The summed E-state index contributed by atoms with van der Waals surface area (Å²) in [6, 6.07) is 0. The molecule has 0 fully saturated rings. The average molecular weight is 256 g/mol. The number of thioether (sulfide) groups is 1. The number of nitrogens with one attached hydrogen (secondary N) is 1. The second-order valence-electron chi connectivity index (χ2n) is 3.51. The Morgan fingerprint density at radius 3 is 2.43 bits per heavy atom. The van der Waals surface area contributed by atoms with E-state index in [1.807, 2.05) is 20.1 Å². The molecule has 0 saturated heterocycles. The molecule has 0 radical (unpaired) electrons. The second kappa shape index (κ2) is 5.29. The van der Waals surface area contributed by atoms with E-state index in [9.17, 15) is 8.42 Å².